The number of carbonyl (C=O) groups excluding carboxylic acids is 1. The molecule has 1 amide bonds. The number of hydrogen-bond donors (Lipinski definition) is 1. The maximum atomic E-state index is 11.9. The third-order valence-corrected chi connectivity index (χ3v) is 3.98. The minimum atomic E-state index is -0.0745. The first-order valence-corrected chi connectivity index (χ1v) is 7.74. The molecule has 0 aliphatic rings. The number of ether oxygens (including phenoxy) is 1. The van der Waals surface area contributed by atoms with E-state index in [0.717, 1.165) is 5.56 Å². The molecular formula is C17H17Cl2NO2. The van der Waals surface area contributed by atoms with Gasteiger partial charge in [0.15, 0.2) is 0 Å². The third-order valence-electron chi connectivity index (χ3n) is 3.18. The van der Waals surface area contributed by atoms with Gasteiger partial charge in [0.1, 0.15) is 10.8 Å². The number of rotatable bonds is 6. The Morgan fingerprint density at radius 3 is 2.59 bits per heavy atom. The lowest BCUT2D eigenvalue weighted by Gasteiger charge is -2.14. The molecule has 1 N–H and O–H groups in total. The molecule has 2 aromatic carbocycles. The van der Waals surface area contributed by atoms with Crippen LogP contribution in [0.3, 0.4) is 0 Å². The molecule has 5 heteroatoms. The number of hydrogen-bond acceptors (Lipinski definition) is 2. The number of benzene rings is 2. The number of halogens is 2. The van der Waals surface area contributed by atoms with Gasteiger partial charge in [-0.05, 0) is 24.6 Å². The van der Waals surface area contributed by atoms with Gasteiger partial charge in [0, 0.05) is 0 Å². The number of nitrogens with one attached hydrogen (secondary N) is 1. The molecule has 0 aromatic heterocycles. The molecule has 1 atom stereocenters. The van der Waals surface area contributed by atoms with Crippen LogP contribution in [-0.2, 0) is 4.79 Å². The molecule has 22 heavy (non-hydrogen) atoms. The summed E-state index contributed by atoms with van der Waals surface area (Å²) >= 11 is 11.9. The van der Waals surface area contributed by atoms with E-state index in [1.54, 1.807) is 18.2 Å². The summed E-state index contributed by atoms with van der Waals surface area (Å²) in [6.07, 6.45) is 0.250. The predicted octanol–water partition coefficient (Wildman–Crippen LogP) is 4.64. The van der Waals surface area contributed by atoms with Crippen molar-refractivity contribution in [3.05, 3.63) is 64.1 Å². The van der Waals surface area contributed by atoms with E-state index in [0.29, 0.717) is 15.8 Å². The van der Waals surface area contributed by atoms with Gasteiger partial charge in [-0.2, -0.15) is 0 Å². The van der Waals surface area contributed by atoms with Crippen LogP contribution < -0.4 is 10.1 Å². The number of carbonyl (C=O) groups is 1. The molecule has 0 fully saturated rings. The highest BCUT2D eigenvalue weighted by atomic mass is 35.5. The fourth-order valence-electron chi connectivity index (χ4n) is 1.99. The Labute approximate surface area is 140 Å². The van der Waals surface area contributed by atoms with Crippen LogP contribution in [0.5, 0.6) is 5.75 Å². The summed E-state index contributed by atoms with van der Waals surface area (Å²) in [7, 11) is 0. The van der Waals surface area contributed by atoms with Crippen molar-refractivity contribution in [1.29, 1.82) is 0 Å². The van der Waals surface area contributed by atoms with E-state index in [2.05, 4.69) is 5.32 Å². The first-order chi connectivity index (χ1) is 10.6. The zero-order valence-corrected chi connectivity index (χ0v) is 13.7. The monoisotopic (exact) mass is 337 g/mol. The number of amides is 1. The van der Waals surface area contributed by atoms with Crippen LogP contribution in [0.4, 0.5) is 0 Å². The van der Waals surface area contributed by atoms with Crippen LogP contribution in [0.2, 0.25) is 10.0 Å². The maximum absolute atomic E-state index is 11.9. The van der Waals surface area contributed by atoms with E-state index in [1.165, 1.54) is 0 Å². The van der Waals surface area contributed by atoms with Crippen molar-refractivity contribution in [3.63, 3.8) is 0 Å². The molecule has 0 bridgehead atoms. The van der Waals surface area contributed by atoms with Gasteiger partial charge < -0.3 is 10.1 Å². The Kier molecular flexibility index (Phi) is 6.10. The van der Waals surface area contributed by atoms with Crippen LogP contribution in [-0.4, -0.2) is 12.5 Å². The summed E-state index contributed by atoms with van der Waals surface area (Å²) in [5.41, 5.74) is 1.06. The van der Waals surface area contributed by atoms with Gasteiger partial charge in [-0.3, -0.25) is 4.79 Å². The average Bonchev–Trinajstić information content (AvgIpc) is 2.52. The van der Waals surface area contributed by atoms with Crippen molar-refractivity contribution in [3.8, 4) is 5.75 Å². The highest BCUT2D eigenvalue weighted by Crippen LogP contribution is 2.31. The van der Waals surface area contributed by atoms with Crippen LogP contribution in [0.1, 0.15) is 24.9 Å². The van der Waals surface area contributed by atoms with Gasteiger partial charge in [-0.1, -0.05) is 59.6 Å². The largest absolute Gasteiger partial charge is 0.491 e. The molecule has 0 radical (unpaired) electrons. The van der Waals surface area contributed by atoms with Gasteiger partial charge in [0.2, 0.25) is 5.91 Å². The molecule has 1 unspecified atom stereocenters. The zero-order chi connectivity index (χ0) is 15.9. The maximum Gasteiger partial charge on any atom is 0.223 e. The first kappa shape index (κ1) is 16.7. The fraction of sp³-hybridized carbons (Fsp3) is 0.235. The second-order valence-electron chi connectivity index (χ2n) is 4.85. The van der Waals surface area contributed by atoms with E-state index in [-0.39, 0.29) is 25.0 Å². The normalized spacial score (nSPS) is 11.8. The van der Waals surface area contributed by atoms with Crippen molar-refractivity contribution < 1.29 is 9.53 Å². The predicted molar refractivity (Wildman–Crippen MR) is 89.6 cm³/mol. The molecule has 2 aromatic rings. The van der Waals surface area contributed by atoms with Gasteiger partial charge >= 0.3 is 0 Å². The van der Waals surface area contributed by atoms with Gasteiger partial charge in [0.25, 0.3) is 0 Å². The van der Waals surface area contributed by atoms with Crippen molar-refractivity contribution in [2.75, 3.05) is 6.61 Å². The van der Waals surface area contributed by atoms with Crippen molar-refractivity contribution in [2.45, 2.75) is 19.4 Å². The average molecular weight is 338 g/mol. The molecule has 0 spiro atoms. The first-order valence-electron chi connectivity index (χ1n) is 6.99. The summed E-state index contributed by atoms with van der Waals surface area (Å²) in [6.45, 7) is 2.19. The standard InChI is InChI=1S/C17H17Cl2NO2/c1-12(13-6-3-2-4-7-13)20-16(21)10-11-22-15-9-5-8-14(18)17(15)19/h2-9,12H,10-11H2,1H3,(H,20,21). The van der Waals surface area contributed by atoms with Crippen LogP contribution in [0, 0.1) is 0 Å². The molecule has 0 saturated carbocycles. The minimum Gasteiger partial charge on any atom is -0.491 e. The van der Waals surface area contributed by atoms with Crippen molar-refractivity contribution in [2.24, 2.45) is 0 Å². The zero-order valence-electron chi connectivity index (χ0n) is 12.2. The minimum absolute atomic E-state index is 0.0385. The SMILES string of the molecule is CC(NC(=O)CCOc1cccc(Cl)c1Cl)c1ccccc1. The van der Waals surface area contributed by atoms with Crippen molar-refractivity contribution in [1.82, 2.24) is 5.32 Å². The summed E-state index contributed by atoms with van der Waals surface area (Å²) in [5, 5.41) is 3.73. The van der Waals surface area contributed by atoms with E-state index >= 15 is 0 Å². The smallest absolute Gasteiger partial charge is 0.223 e. The van der Waals surface area contributed by atoms with Crippen molar-refractivity contribution >= 4 is 29.1 Å². The lowest BCUT2D eigenvalue weighted by Crippen LogP contribution is -2.27. The third kappa shape index (κ3) is 4.65. The lowest BCUT2D eigenvalue weighted by molar-refractivity contribution is -0.122. The van der Waals surface area contributed by atoms with E-state index in [9.17, 15) is 4.79 Å². The van der Waals surface area contributed by atoms with Crippen LogP contribution in [0.25, 0.3) is 0 Å². The summed E-state index contributed by atoms with van der Waals surface area (Å²) in [5.74, 6) is 0.410. The highest BCUT2D eigenvalue weighted by Gasteiger charge is 2.10. The Balaban J connectivity index is 1.80. The molecule has 0 heterocycles. The topological polar surface area (TPSA) is 38.3 Å². The molecule has 2 rings (SSSR count). The van der Waals surface area contributed by atoms with E-state index in [4.69, 9.17) is 27.9 Å². The molecule has 0 aliphatic carbocycles. The second-order valence-corrected chi connectivity index (χ2v) is 5.64. The quantitative estimate of drug-likeness (QED) is 0.833. The Hall–Kier alpha value is -1.71. The second kappa shape index (κ2) is 8.06. The lowest BCUT2D eigenvalue weighted by atomic mass is 10.1. The van der Waals surface area contributed by atoms with E-state index < -0.39 is 0 Å². The van der Waals surface area contributed by atoms with Crippen LogP contribution >= 0.6 is 23.2 Å². The summed E-state index contributed by atoms with van der Waals surface area (Å²) in [4.78, 5) is 11.9. The van der Waals surface area contributed by atoms with Gasteiger partial charge in [-0.15, -0.1) is 0 Å². The molecule has 0 aliphatic heterocycles. The molecule has 116 valence electrons. The highest BCUT2D eigenvalue weighted by molar-refractivity contribution is 6.42. The Morgan fingerprint density at radius 2 is 1.86 bits per heavy atom. The van der Waals surface area contributed by atoms with Gasteiger partial charge in [-0.25, -0.2) is 0 Å². The molecule has 0 saturated heterocycles. The summed E-state index contributed by atoms with van der Waals surface area (Å²) < 4.78 is 5.50. The molecular weight excluding hydrogens is 321 g/mol. The molecule has 3 nitrogen and oxygen atoms in total. The Morgan fingerprint density at radius 1 is 1.14 bits per heavy atom. The van der Waals surface area contributed by atoms with Gasteiger partial charge in [0.05, 0.1) is 24.1 Å². The van der Waals surface area contributed by atoms with Crippen LogP contribution in [0.15, 0.2) is 48.5 Å². The fourth-order valence-corrected chi connectivity index (χ4v) is 2.33. The van der Waals surface area contributed by atoms with E-state index in [1.807, 2.05) is 37.3 Å². The summed E-state index contributed by atoms with van der Waals surface area (Å²) in [6, 6.07) is 14.9. The Bertz CT molecular complexity index is 632.